The van der Waals surface area contributed by atoms with Crippen LogP contribution in [0.3, 0.4) is 0 Å². The molecule has 0 aliphatic heterocycles. The Morgan fingerprint density at radius 1 is 1.36 bits per heavy atom. The molecule has 0 aromatic rings. The van der Waals surface area contributed by atoms with Gasteiger partial charge in [0, 0.05) is 6.42 Å². The van der Waals surface area contributed by atoms with Crippen LogP contribution in [0.2, 0.25) is 0 Å². The Hall–Kier alpha value is -0.220. The van der Waals surface area contributed by atoms with Crippen molar-refractivity contribution < 1.29 is 4.79 Å². The standard InChI is InChI=1S/C10H22N2OS/c1-9(2)8-14-7-5-3-4-6-10(13)12-11/h9H,3-8,11H2,1-2H3,(H,12,13). The van der Waals surface area contributed by atoms with Gasteiger partial charge in [0.1, 0.15) is 0 Å². The Morgan fingerprint density at radius 2 is 2.07 bits per heavy atom. The van der Waals surface area contributed by atoms with Crippen molar-refractivity contribution >= 4 is 17.7 Å². The van der Waals surface area contributed by atoms with Crippen molar-refractivity contribution in [1.29, 1.82) is 0 Å². The number of nitrogens with one attached hydrogen (secondary N) is 1. The van der Waals surface area contributed by atoms with Crippen LogP contribution in [0.1, 0.15) is 39.5 Å². The summed E-state index contributed by atoms with van der Waals surface area (Å²) >= 11 is 2.00. The molecule has 14 heavy (non-hydrogen) atoms. The molecule has 84 valence electrons. The number of carbonyl (C=O) groups is 1. The second-order valence-corrected chi connectivity index (χ2v) is 5.00. The van der Waals surface area contributed by atoms with E-state index >= 15 is 0 Å². The number of hydrogen-bond donors (Lipinski definition) is 2. The van der Waals surface area contributed by atoms with E-state index in [1.807, 2.05) is 11.8 Å². The first-order valence-electron chi connectivity index (χ1n) is 5.24. The maximum absolute atomic E-state index is 10.7. The number of hydrazine groups is 1. The summed E-state index contributed by atoms with van der Waals surface area (Å²) in [5.74, 6) is 8.14. The van der Waals surface area contributed by atoms with Crippen molar-refractivity contribution in [3.63, 3.8) is 0 Å². The Kier molecular flexibility index (Phi) is 9.19. The predicted molar refractivity (Wildman–Crippen MR) is 63.0 cm³/mol. The topological polar surface area (TPSA) is 55.1 Å². The van der Waals surface area contributed by atoms with Gasteiger partial charge in [0.15, 0.2) is 0 Å². The van der Waals surface area contributed by atoms with Crippen LogP contribution in [0.25, 0.3) is 0 Å². The molecule has 0 unspecified atom stereocenters. The number of amides is 1. The van der Waals surface area contributed by atoms with Crippen LogP contribution in [0, 0.1) is 5.92 Å². The summed E-state index contributed by atoms with van der Waals surface area (Å²) in [5, 5.41) is 0. The van der Waals surface area contributed by atoms with E-state index in [2.05, 4.69) is 19.3 Å². The summed E-state index contributed by atoms with van der Waals surface area (Å²) in [4.78, 5) is 10.7. The Labute approximate surface area is 91.2 Å². The van der Waals surface area contributed by atoms with Gasteiger partial charge in [-0.25, -0.2) is 5.84 Å². The molecule has 0 aliphatic carbocycles. The fourth-order valence-corrected chi connectivity index (χ4v) is 2.10. The molecule has 3 N–H and O–H groups in total. The van der Waals surface area contributed by atoms with E-state index in [0.29, 0.717) is 6.42 Å². The van der Waals surface area contributed by atoms with E-state index in [0.717, 1.165) is 18.8 Å². The maximum Gasteiger partial charge on any atom is 0.233 e. The lowest BCUT2D eigenvalue weighted by Gasteiger charge is -2.04. The molecule has 1 amide bonds. The van der Waals surface area contributed by atoms with Crippen LogP contribution in [-0.4, -0.2) is 17.4 Å². The molecule has 0 bridgehead atoms. The van der Waals surface area contributed by atoms with Crippen molar-refractivity contribution in [1.82, 2.24) is 5.43 Å². The van der Waals surface area contributed by atoms with Crippen molar-refractivity contribution in [2.24, 2.45) is 11.8 Å². The van der Waals surface area contributed by atoms with E-state index in [-0.39, 0.29) is 5.91 Å². The third-order valence-corrected chi connectivity index (χ3v) is 3.28. The average Bonchev–Trinajstić information content (AvgIpc) is 2.15. The van der Waals surface area contributed by atoms with Crippen molar-refractivity contribution in [3.05, 3.63) is 0 Å². The molecule has 4 heteroatoms. The molecular formula is C10H22N2OS. The molecule has 3 nitrogen and oxygen atoms in total. The zero-order valence-corrected chi connectivity index (χ0v) is 10.0. The highest BCUT2D eigenvalue weighted by Crippen LogP contribution is 2.11. The molecular weight excluding hydrogens is 196 g/mol. The quantitative estimate of drug-likeness (QED) is 0.283. The lowest BCUT2D eigenvalue weighted by Crippen LogP contribution is -2.29. The number of thioether (sulfide) groups is 1. The van der Waals surface area contributed by atoms with Gasteiger partial charge in [-0.1, -0.05) is 20.3 Å². The lowest BCUT2D eigenvalue weighted by molar-refractivity contribution is -0.121. The largest absolute Gasteiger partial charge is 0.294 e. The van der Waals surface area contributed by atoms with E-state index in [1.54, 1.807) is 0 Å². The second-order valence-electron chi connectivity index (χ2n) is 3.85. The highest BCUT2D eigenvalue weighted by atomic mass is 32.2. The van der Waals surface area contributed by atoms with Crippen LogP contribution >= 0.6 is 11.8 Å². The molecule has 0 aliphatic rings. The van der Waals surface area contributed by atoms with Gasteiger partial charge in [-0.3, -0.25) is 10.2 Å². The van der Waals surface area contributed by atoms with Crippen molar-refractivity contribution in [2.45, 2.75) is 39.5 Å². The highest BCUT2D eigenvalue weighted by Gasteiger charge is 1.98. The van der Waals surface area contributed by atoms with E-state index in [4.69, 9.17) is 5.84 Å². The zero-order valence-electron chi connectivity index (χ0n) is 9.21. The van der Waals surface area contributed by atoms with Gasteiger partial charge in [0.2, 0.25) is 5.91 Å². The molecule has 0 radical (unpaired) electrons. The average molecular weight is 218 g/mol. The van der Waals surface area contributed by atoms with Crippen LogP contribution in [-0.2, 0) is 4.79 Å². The molecule has 0 heterocycles. The van der Waals surface area contributed by atoms with Crippen LogP contribution < -0.4 is 11.3 Å². The summed E-state index contributed by atoms with van der Waals surface area (Å²) in [6, 6.07) is 0. The molecule has 0 spiro atoms. The minimum atomic E-state index is -0.0557. The van der Waals surface area contributed by atoms with E-state index in [9.17, 15) is 4.79 Å². The summed E-state index contributed by atoms with van der Waals surface area (Å²) in [7, 11) is 0. The molecule has 0 atom stereocenters. The minimum Gasteiger partial charge on any atom is -0.294 e. The van der Waals surface area contributed by atoms with Crippen LogP contribution in [0.4, 0.5) is 0 Å². The van der Waals surface area contributed by atoms with Crippen molar-refractivity contribution in [2.75, 3.05) is 11.5 Å². The maximum atomic E-state index is 10.7. The monoisotopic (exact) mass is 218 g/mol. The van der Waals surface area contributed by atoms with Gasteiger partial charge in [0.25, 0.3) is 0 Å². The first-order chi connectivity index (χ1) is 6.66. The first-order valence-corrected chi connectivity index (χ1v) is 6.39. The summed E-state index contributed by atoms with van der Waals surface area (Å²) in [6.45, 7) is 4.47. The Morgan fingerprint density at radius 3 is 2.64 bits per heavy atom. The van der Waals surface area contributed by atoms with Gasteiger partial charge in [-0.15, -0.1) is 0 Å². The SMILES string of the molecule is CC(C)CSCCCCCC(=O)NN. The number of nitrogens with two attached hydrogens (primary N) is 1. The number of carbonyl (C=O) groups excluding carboxylic acids is 1. The summed E-state index contributed by atoms with van der Waals surface area (Å²) in [6.07, 6.45) is 3.84. The van der Waals surface area contributed by atoms with Gasteiger partial charge in [-0.05, 0) is 30.3 Å². The number of rotatable bonds is 8. The van der Waals surface area contributed by atoms with Gasteiger partial charge >= 0.3 is 0 Å². The zero-order chi connectivity index (χ0) is 10.8. The van der Waals surface area contributed by atoms with Crippen LogP contribution in [0.15, 0.2) is 0 Å². The van der Waals surface area contributed by atoms with Crippen LogP contribution in [0.5, 0.6) is 0 Å². The smallest absolute Gasteiger partial charge is 0.233 e. The Bertz CT molecular complexity index is 151. The summed E-state index contributed by atoms with van der Waals surface area (Å²) in [5.41, 5.74) is 2.14. The summed E-state index contributed by atoms with van der Waals surface area (Å²) < 4.78 is 0. The lowest BCUT2D eigenvalue weighted by atomic mass is 10.2. The fraction of sp³-hybridized carbons (Fsp3) is 0.900. The predicted octanol–water partition coefficient (Wildman–Crippen LogP) is 1.93. The molecule has 0 aromatic carbocycles. The van der Waals surface area contributed by atoms with Gasteiger partial charge in [-0.2, -0.15) is 11.8 Å². The molecule has 0 rings (SSSR count). The minimum absolute atomic E-state index is 0.0557. The molecule has 0 aromatic heterocycles. The number of hydrogen-bond acceptors (Lipinski definition) is 3. The third kappa shape index (κ3) is 9.86. The molecule has 0 fully saturated rings. The Balaban J connectivity index is 3.03. The fourth-order valence-electron chi connectivity index (χ4n) is 1.06. The first kappa shape index (κ1) is 13.8. The highest BCUT2D eigenvalue weighted by molar-refractivity contribution is 7.99. The van der Waals surface area contributed by atoms with Crippen molar-refractivity contribution in [3.8, 4) is 0 Å². The normalized spacial score (nSPS) is 10.6. The van der Waals surface area contributed by atoms with E-state index in [1.165, 1.54) is 17.9 Å². The molecule has 0 saturated heterocycles. The molecule has 0 saturated carbocycles. The van der Waals surface area contributed by atoms with E-state index < -0.39 is 0 Å². The number of unbranched alkanes of at least 4 members (excludes halogenated alkanes) is 2. The van der Waals surface area contributed by atoms with Gasteiger partial charge in [0.05, 0.1) is 0 Å². The third-order valence-electron chi connectivity index (χ3n) is 1.80. The van der Waals surface area contributed by atoms with Gasteiger partial charge < -0.3 is 0 Å². The second kappa shape index (κ2) is 9.34.